The van der Waals surface area contributed by atoms with Crippen molar-refractivity contribution in [2.24, 2.45) is 0 Å². The third-order valence-corrected chi connectivity index (χ3v) is 6.94. The van der Waals surface area contributed by atoms with Crippen LogP contribution >= 0.6 is 11.3 Å². The van der Waals surface area contributed by atoms with Gasteiger partial charge in [0.2, 0.25) is 0 Å². The Balaban J connectivity index is 1.46. The Morgan fingerprint density at radius 1 is 1.03 bits per heavy atom. The molecule has 32 heavy (non-hydrogen) atoms. The molecule has 5 aromatic heterocycles. The zero-order chi connectivity index (χ0) is 21.5. The van der Waals surface area contributed by atoms with Crippen molar-refractivity contribution in [3.8, 4) is 32.5 Å². The molecule has 5 aromatic rings. The average Bonchev–Trinajstić information content (AvgIpc) is 3.57. The minimum Gasteiger partial charge on any atom is -0.357 e. The Bertz CT molecular complexity index is 1360. The molecule has 1 N–H and O–H groups in total. The molecule has 0 atom stereocenters. The van der Waals surface area contributed by atoms with E-state index < -0.39 is 0 Å². The minimum atomic E-state index is 0.637. The summed E-state index contributed by atoms with van der Waals surface area (Å²) in [6, 6.07) is 10.3. The number of nitrogens with zero attached hydrogens (tertiary/aromatic N) is 7. The van der Waals surface area contributed by atoms with Gasteiger partial charge in [-0.25, -0.2) is 19.5 Å². The fourth-order valence-electron chi connectivity index (χ4n) is 4.31. The predicted octanol–water partition coefficient (Wildman–Crippen LogP) is 4.60. The van der Waals surface area contributed by atoms with Gasteiger partial charge in [0, 0.05) is 31.0 Å². The Morgan fingerprint density at radius 2 is 1.94 bits per heavy atom. The molecule has 9 heteroatoms. The second-order valence-electron chi connectivity index (χ2n) is 7.96. The molecule has 6 rings (SSSR count). The molecule has 0 bridgehead atoms. The molecule has 1 fully saturated rings. The number of anilines is 1. The number of thiazole rings is 1. The van der Waals surface area contributed by atoms with Gasteiger partial charge in [0.25, 0.3) is 0 Å². The third kappa shape index (κ3) is 3.25. The number of rotatable bonds is 4. The lowest BCUT2D eigenvalue weighted by Gasteiger charge is -2.27. The summed E-state index contributed by atoms with van der Waals surface area (Å²) in [6.45, 7) is 4.16. The molecule has 0 aromatic carbocycles. The van der Waals surface area contributed by atoms with E-state index in [0.717, 1.165) is 56.8 Å². The molecule has 0 aliphatic carbocycles. The van der Waals surface area contributed by atoms with Crippen LogP contribution in [-0.2, 0) is 0 Å². The highest BCUT2D eigenvalue weighted by atomic mass is 32.1. The first-order chi connectivity index (χ1) is 15.8. The summed E-state index contributed by atoms with van der Waals surface area (Å²) in [4.78, 5) is 17.5. The summed E-state index contributed by atoms with van der Waals surface area (Å²) in [7, 11) is 0. The molecule has 6 heterocycles. The summed E-state index contributed by atoms with van der Waals surface area (Å²) in [5, 5.41) is 12.7. The number of hydrogen-bond donors (Lipinski definition) is 1. The normalized spacial score (nSPS) is 14.3. The maximum atomic E-state index is 5.05. The first-order valence-electron chi connectivity index (χ1n) is 10.8. The van der Waals surface area contributed by atoms with Crippen molar-refractivity contribution in [2.75, 3.05) is 18.0 Å². The summed E-state index contributed by atoms with van der Waals surface area (Å²) < 4.78 is 1.90. The van der Waals surface area contributed by atoms with Crippen LogP contribution in [0.3, 0.4) is 0 Å². The lowest BCUT2D eigenvalue weighted by molar-refractivity contribution is 0.573. The molecule has 1 saturated heterocycles. The van der Waals surface area contributed by atoms with Gasteiger partial charge < -0.3 is 4.90 Å². The summed E-state index contributed by atoms with van der Waals surface area (Å²) in [5.74, 6) is 1.67. The van der Waals surface area contributed by atoms with Crippen molar-refractivity contribution in [3.05, 3.63) is 54.7 Å². The first kappa shape index (κ1) is 19.1. The molecule has 1 aliphatic heterocycles. The maximum absolute atomic E-state index is 5.05. The van der Waals surface area contributed by atoms with E-state index in [-0.39, 0.29) is 0 Å². The largest absolute Gasteiger partial charge is 0.357 e. The van der Waals surface area contributed by atoms with Crippen molar-refractivity contribution >= 4 is 22.7 Å². The van der Waals surface area contributed by atoms with Crippen molar-refractivity contribution in [1.82, 2.24) is 34.8 Å². The highest BCUT2D eigenvalue weighted by Crippen LogP contribution is 2.41. The number of aromatic amines is 1. The fraction of sp³-hybridized carbons (Fsp3) is 0.261. The second kappa shape index (κ2) is 7.83. The van der Waals surface area contributed by atoms with Gasteiger partial charge in [-0.05, 0) is 50.5 Å². The Kier molecular flexibility index (Phi) is 4.68. The van der Waals surface area contributed by atoms with Crippen LogP contribution in [0.2, 0.25) is 0 Å². The molecule has 160 valence electrons. The molecule has 0 radical (unpaired) electrons. The number of aromatic nitrogens is 7. The van der Waals surface area contributed by atoms with Crippen LogP contribution in [0.4, 0.5) is 5.82 Å². The summed E-state index contributed by atoms with van der Waals surface area (Å²) in [5.41, 5.74) is 4.82. The lowest BCUT2D eigenvalue weighted by Crippen LogP contribution is -2.29. The maximum Gasteiger partial charge on any atom is 0.193 e. The van der Waals surface area contributed by atoms with E-state index in [1.807, 2.05) is 36.0 Å². The smallest absolute Gasteiger partial charge is 0.193 e. The van der Waals surface area contributed by atoms with Crippen LogP contribution in [0.5, 0.6) is 0 Å². The van der Waals surface area contributed by atoms with Gasteiger partial charge in [-0.3, -0.25) is 5.10 Å². The fourth-order valence-corrected chi connectivity index (χ4v) is 5.44. The van der Waals surface area contributed by atoms with Gasteiger partial charge in [0.1, 0.15) is 22.0 Å². The first-order valence-corrected chi connectivity index (χ1v) is 11.6. The summed E-state index contributed by atoms with van der Waals surface area (Å²) in [6.07, 6.45) is 9.23. The number of hydrogen-bond acceptors (Lipinski definition) is 7. The van der Waals surface area contributed by atoms with Gasteiger partial charge in [0.15, 0.2) is 5.82 Å². The zero-order valence-electron chi connectivity index (χ0n) is 17.7. The Labute approximate surface area is 189 Å². The van der Waals surface area contributed by atoms with Crippen LogP contribution in [0, 0.1) is 6.92 Å². The molecule has 0 saturated carbocycles. The lowest BCUT2D eigenvalue weighted by atomic mass is 10.1. The van der Waals surface area contributed by atoms with Crippen LogP contribution < -0.4 is 4.90 Å². The van der Waals surface area contributed by atoms with Gasteiger partial charge in [0.05, 0.1) is 22.5 Å². The zero-order valence-corrected chi connectivity index (χ0v) is 18.5. The number of nitrogens with one attached hydrogen (secondary N) is 1. The highest BCUT2D eigenvalue weighted by molar-refractivity contribution is 7.19. The quantitative estimate of drug-likeness (QED) is 0.438. The van der Waals surface area contributed by atoms with Crippen LogP contribution in [0.25, 0.3) is 38.0 Å². The molecule has 8 nitrogen and oxygen atoms in total. The SMILES string of the molecule is Cc1nn2ccccc2c1-c1nc(-c2ccc(N3CCCCC3)nc2)c(-c2nc[nH]n2)s1. The van der Waals surface area contributed by atoms with Crippen LogP contribution in [0.15, 0.2) is 49.1 Å². The predicted molar refractivity (Wildman–Crippen MR) is 126 cm³/mol. The molecule has 0 spiro atoms. The van der Waals surface area contributed by atoms with Crippen molar-refractivity contribution in [1.29, 1.82) is 0 Å². The van der Waals surface area contributed by atoms with Crippen molar-refractivity contribution < 1.29 is 0 Å². The van der Waals surface area contributed by atoms with E-state index in [2.05, 4.69) is 43.4 Å². The Hall–Kier alpha value is -3.59. The van der Waals surface area contributed by atoms with E-state index in [9.17, 15) is 0 Å². The summed E-state index contributed by atoms with van der Waals surface area (Å²) >= 11 is 1.58. The van der Waals surface area contributed by atoms with E-state index in [4.69, 9.17) is 9.97 Å². The van der Waals surface area contributed by atoms with Crippen LogP contribution in [0.1, 0.15) is 25.0 Å². The number of pyridine rings is 2. The van der Waals surface area contributed by atoms with Gasteiger partial charge in [-0.15, -0.1) is 11.3 Å². The van der Waals surface area contributed by atoms with E-state index in [1.165, 1.54) is 19.3 Å². The highest BCUT2D eigenvalue weighted by Gasteiger charge is 2.22. The third-order valence-electron chi connectivity index (χ3n) is 5.88. The number of aryl methyl sites for hydroxylation is 1. The molecule has 0 unspecified atom stereocenters. The molecular formula is C23H22N8S. The number of fused-ring (bicyclic) bond motifs is 1. The van der Waals surface area contributed by atoms with E-state index >= 15 is 0 Å². The molecule has 0 amide bonds. The van der Waals surface area contributed by atoms with Crippen molar-refractivity contribution in [2.45, 2.75) is 26.2 Å². The van der Waals surface area contributed by atoms with Crippen LogP contribution in [-0.4, -0.2) is 47.9 Å². The van der Waals surface area contributed by atoms with Crippen molar-refractivity contribution in [3.63, 3.8) is 0 Å². The number of piperidine rings is 1. The van der Waals surface area contributed by atoms with Gasteiger partial charge in [-0.2, -0.15) is 10.2 Å². The van der Waals surface area contributed by atoms with E-state index in [1.54, 1.807) is 17.7 Å². The van der Waals surface area contributed by atoms with E-state index in [0.29, 0.717) is 5.82 Å². The average molecular weight is 443 g/mol. The van der Waals surface area contributed by atoms with Gasteiger partial charge >= 0.3 is 0 Å². The minimum absolute atomic E-state index is 0.637. The Morgan fingerprint density at radius 3 is 2.72 bits per heavy atom. The molecular weight excluding hydrogens is 420 g/mol. The second-order valence-corrected chi connectivity index (χ2v) is 8.96. The van der Waals surface area contributed by atoms with Gasteiger partial charge in [-0.1, -0.05) is 6.07 Å². The standard InChI is InChI=1S/C23H22N8S/c1-15-19(17-7-3-6-12-31(17)29-15)23-27-20(21(32-23)22-25-14-26-28-22)16-8-9-18(24-13-16)30-10-4-2-5-11-30/h3,6-9,12-14H,2,4-5,10-11H2,1H3,(H,25,26,28). The monoisotopic (exact) mass is 442 g/mol. The topological polar surface area (TPSA) is 87.9 Å². The number of H-pyrrole nitrogens is 1. The molecule has 1 aliphatic rings.